The fourth-order valence-electron chi connectivity index (χ4n) is 1.06. The summed E-state index contributed by atoms with van der Waals surface area (Å²) in [6.45, 7) is 4.74. The number of halogens is 2. The molecule has 0 aliphatic carbocycles. The molecule has 5 heteroatoms. The predicted molar refractivity (Wildman–Crippen MR) is 65.4 cm³/mol. The zero-order valence-electron chi connectivity index (χ0n) is 9.18. The summed E-state index contributed by atoms with van der Waals surface area (Å²) in [5.41, 5.74) is 0.0428. The summed E-state index contributed by atoms with van der Waals surface area (Å²) in [7, 11) is 0. The van der Waals surface area contributed by atoms with Gasteiger partial charge in [0.1, 0.15) is 0 Å². The molecule has 0 aliphatic heterocycles. The third-order valence-corrected chi connectivity index (χ3v) is 2.12. The van der Waals surface area contributed by atoms with Crippen molar-refractivity contribution in [2.45, 2.75) is 13.8 Å². The van der Waals surface area contributed by atoms with Crippen molar-refractivity contribution in [3.8, 4) is 0 Å². The van der Waals surface area contributed by atoms with Crippen molar-refractivity contribution in [3.05, 3.63) is 29.8 Å². The fourth-order valence-corrected chi connectivity index (χ4v) is 1.26. The van der Waals surface area contributed by atoms with Crippen LogP contribution in [0, 0.1) is 17.6 Å². The van der Waals surface area contributed by atoms with E-state index in [2.05, 4.69) is 10.6 Å². The maximum absolute atomic E-state index is 13.2. The van der Waals surface area contributed by atoms with Gasteiger partial charge < -0.3 is 10.6 Å². The lowest BCUT2D eigenvalue weighted by molar-refractivity contribution is 0.512. The normalized spacial score (nSPS) is 10.3. The van der Waals surface area contributed by atoms with Gasteiger partial charge in [-0.1, -0.05) is 19.9 Å². The van der Waals surface area contributed by atoms with Crippen molar-refractivity contribution >= 4 is 23.0 Å². The van der Waals surface area contributed by atoms with Gasteiger partial charge in [0, 0.05) is 6.54 Å². The Hall–Kier alpha value is -1.23. The number of hydrogen-bond acceptors (Lipinski definition) is 1. The van der Waals surface area contributed by atoms with Crippen molar-refractivity contribution in [3.63, 3.8) is 0 Å². The summed E-state index contributed by atoms with van der Waals surface area (Å²) in [6, 6.07) is 3.92. The number of anilines is 1. The highest BCUT2D eigenvalue weighted by atomic mass is 32.1. The minimum absolute atomic E-state index is 0.0428. The van der Waals surface area contributed by atoms with Gasteiger partial charge in [-0.3, -0.25) is 0 Å². The molecule has 0 radical (unpaired) electrons. The minimum atomic E-state index is -0.920. The topological polar surface area (TPSA) is 24.1 Å². The van der Waals surface area contributed by atoms with E-state index in [0.29, 0.717) is 17.6 Å². The molecular weight excluding hydrogens is 230 g/mol. The van der Waals surface area contributed by atoms with Crippen LogP contribution in [0.3, 0.4) is 0 Å². The molecule has 0 saturated heterocycles. The summed E-state index contributed by atoms with van der Waals surface area (Å²) in [6.07, 6.45) is 0. The fraction of sp³-hybridized carbons (Fsp3) is 0.364. The first-order valence-electron chi connectivity index (χ1n) is 4.99. The van der Waals surface area contributed by atoms with Crippen molar-refractivity contribution in [2.75, 3.05) is 11.9 Å². The molecule has 2 nitrogen and oxygen atoms in total. The van der Waals surface area contributed by atoms with Crippen molar-refractivity contribution < 1.29 is 8.78 Å². The smallest absolute Gasteiger partial charge is 0.182 e. The average molecular weight is 244 g/mol. The van der Waals surface area contributed by atoms with E-state index in [0.717, 1.165) is 6.07 Å². The summed E-state index contributed by atoms with van der Waals surface area (Å²) in [5.74, 6) is -1.38. The number of hydrogen-bond donors (Lipinski definition) is 2. The van der Waals surface area contributed by atoms with Gasteiger partial charge in [0.25, 0.3) is 0 Å². The van der Waals surface area contributed by atoms with E-state index < -0.39 is 11.6 Å². The monoisotopic (exact) mass is 244 g/mol. The average Bonchev–Trinajstić information content (AvgIpc) is 2.22. The second-order valence-corrected chi connectivity index (χ2v) is 4.24. The van der Waals surface area contributed by atoms with Crippen LogP contribution in [0.4, 0.5) is 14.5 Å². The molecule has 0 fully saturated rings. The van der Waals surface area contributed by atoms with Crippen LogP contribution in [0.5, 0.6) is 0 Å². The first kappa shape index (κ1) is 12.8. The zero-order valence-corrected chi connectivity index (χ0v) is 10.00. The third kappa shape index (κ3) is 3.73. The molecule has 2 N–H and O–H groups in total. The van der Waals surface area contributed by atoms with Gasteiger partial charge in [-0.05, 0) is 30.3 Å². The highest BCUT2D eigenvalue weighted by Gasteiger charge is 2.08. The maximum Gasteiger partial charge on any atom is 0.182 e. The Bertz CT molecular complexity index is 380. The first-order chi connectivity index (χ1) is 7.50. The first-order valence-corrected chi connectivity index (χ1v) is 5.40. The van der Waals surface area contributed by atoms with Gasteiger partial charge >= 0.3 is 0 Å². The molecule has 1 rings (SSSR count). The Morgan fingerprint density at radius 2 is 2.06 bits per heavy atom. The lowest BCUT2D eigenvalue weighted by Crippen LogP contribution is -2.31. The van der Waals surface area contributed by atoms with Gasteiger partial charge in [-0.15, -0.1) is 0 Å². The molecule has 0 atom stereocenters. The van der Waals surface area contributed by atoms with Crippen LogP contribution in [-0.2, 0) is 0 Å². The Kier molecular flexibility index (Phi) is 4.61. The molecular formula is C11H14F2N2S. The number of thiocarbonyl (C=S) groups is 1. The number of rotatable bonds is 3. The van der Waals surface area contributed by atoms with E-state index in [1.807, 2.05) is 13.8 Å². The Morgan fingerprint density at radius 1 is 1.38 bits per heavy atom. The molecule has 0 spiro atoms. The summed E-state index contributed by atoms with van der Waals surface area (Å²) in [4.78, 5) is 0. The Labute approximate surface area is 99.0 Å². The molecule has 16 heavy (non-hydrogen) atoms. The van der Waals surface area contributed by atoms with Crippen molar-refractivity contribution in [1.29, 1.82) is 0 Å². The highest BCUT2D eigenvalue weighted by Crippen LogP contribution is 2.16. The lowest BCUT2D eigenvalue weighted by atomic mass is 10.2. The van der Waals surface area contributed by atoms with E-state index in [1.165, 1.54) is 12.1 Å². The van der Waals surface area contributed by atoms with Crippen molar-refractivity contribution in [1.82, 2.24) is 5.32 Å². The van der Waals surface area contributed by atoms with Gasteiger partial charge in [0.05, 0.1) is 5.69 Å². The van der Waals surface area contributed by atoms with Crippen LogP contribution >= 0.6 is 12.2 Å². The summed E-state index contributed by atoms with van der Waals surface area (Å²) < 4.78 is 26.1. The highest BCUT2D eigenvalue weighted by molar-refractivity contribution is 7.80. The molecule has 0 amide bonds. The molecule has 1 aromatic rings. The largest absolute Gasteiger partial charge is 0.362 e. The van der Waals surface area contributed by atoms with E-state index in [4.69, 9.17) is 12.2 Å². The van der Waals surface area contributed by atoms with Crippen LogP contribution in [0.1, 0.15) is 13.8 Å². The van der Waals surface area contributed by atoms with Crippen molar-refractivity contribution in [2.24, 2.45) is 5.92 Å². The maximum atomic E-state index is 13.2. The number of benzene rings is 1. The van der Waals surface area contributed by atoms with E-state index >= 15 is 0 Å². The van der Waals surface area contributed by atoms with E-state index in [-0.39, 0.29) is 5.69 Å². The Morgan fingerprint density at radius 3 is 2.69 bits per heavy atom. The second kappa shape index (κ2) is 5.75. The van der Waals surface area contributed by atoms with Crippen LogP contribution < -0.4 is 10.6 Å². The van der Waals surface area contributed by atoms with Gasteiger partial charge in [-0.2, -0.15) is 0 Å². The third-order valence-electron chi connectivity index (χ3n) is 1.87. The standard InChI is InChI=1S/C11H14F2N2S/c1-7(2)6-14-11(16)15-9-5-3-4-8(12)10(9)13/h3-5,7H,6H2,1-2H3,(H2,14,15,16). The molecule has 0 saturated carbocycles. The SMILES string of the molecule is CC(C)CNC(=S)Nc1cccc(F)c1F. The number of nitrogens with one attached hydrogen (secondary N) is 2. The molecule has 1 aromatic carbocycles. The molecule has 0 unspecified atom stereocenters. The van der Waals surface area contributed by atoms with E-state index in [1.54, 1.807) is 0 Å². The van der Waals surface area contributed by atoms with Gasteiger partial charge in [-0.25, -0.2) is 8.78 Å². The quantitative estimate of drug-likeness (QED) is 0.799. The minimum Gasteiger partial charge on any atom is -0.362 e. The van der Waals surface area contributed by atoms with E-state index in [9.17, 15) is 8.78 Å². The zero-order chi connectivity index (χ0) is 12.1. The van der Waals surface area contributed by atoms with Gasteiger partial charge in [0.15, 0.2) is 16.7 Å². The summed E-state index contributed by atoms with van der Waals surface area (Å²) in [5, 5.41) is 5.81. The molecule has 0 heterocycles. The van der Waals surface area contributed by atoms with Crippen LogP contribution in [0.25, 0.3) is 0 Å². The van der Waals surface area contributed by atoms with Crippen LogP contribution in [-0.4, -0.2) is 11.7 Å². The van der Waals surface area contributed by atoms with Gasteiger partial charge in [0.2, 0.25) is 0 Å². The second-order valence-electron chi connectivity index (χ2n) is 3.83. The van der Waals surface area contributed by atoms with Crippen LogP contribution in [0.15, 0.2) is 18.2 Å². The molecule has 0 bridgehead atoms. The molecule has 0 aromatic heterocycles. The summed E-state index contributed by atoms with van der Waals surface area (Å²) >= 11 is 4.95. The Balaban J connectivity index is 2.59. The molecule has 0 aliphatic rings. The molecule has 88 valence electrons. The van der Waals surface area contributed by atoms with Crippen LogP contribution in [0.2, 0.25) is 0 Å². The lowest BCUT2D eigenvalue weighted by Gasteiger charge is -2.12. The predicted octanol–water partition coefficient (Wildman–Crippen LogP) is 2.91.